The molecule has 0 bridgehead atoms. The van der Waals surface area contributed by atoms with Crippen LogP contribution in [-0.4, -0.2) is 26.2 Å². The Labute approximate surface area is 251 Å². The number of benzene rings is 3. The van der Waals surface area contributed by atoms with E-state index in [9.17, 15) is 14.4 Å². The Hall–Kier alpha value is -4.59. The van der Waals surface area contributed by atoms with Crippen molar-refractivity contribution >= 4 is 22.9 Å². The second-order valence-corrected chi connectivity index (χ2v) is 10.5. The lowest BCUT2D eigenvalue weighted by atomic mass is 9.96. The number of carbonyl (C=O) groups excluding carboxylic acids is 2. The molecule has 0 spiro atoms. The quantitative estimate of drug-likeness (QED) is 0.116. The number of ether oxygens (including phenoxy) is 4. The molecule has 0 aliphatic carbocycles. The van der Waals surface area contributed by atoms with Crippen molar-refractivity contribution in [1.29, 1.82) is 0 Å². The van der Waals surface area contributed by atoms with Gasteiger partial charge in [0, 0.05) is 24.1 Å². The molecule has 4 rings (SSSR count). The summed E-state index contributed by atoms with van der Waals surface area (Å²) in [5.74, 6) is 0.143. The van der Waals surface area contributed by atoms with Crippen molar-refractivity contribution < 1.29 is 33.0 Å². The van der Waals surface area contributed by atoms with Gasteiger partial charge >= 0.3 is 11.9 Å². The summed E-state index contributed by atoms with van der Waals surface area (Å²) in [5.41, 5.74) is 2.54. The Morgan fingerprint density at radius 2 is 1.63 bits per heavy atom. The molecule has 0 fully saturated rings. The average Bonchev–Trinajstić information content (AvgIpc) is 3.01. The molecule has 8 heteroatoms. The van der Waals surface area contributed by atoms with Crippen LogP contribution in [0.5, 0.6) is 17.2 Å². The number of fused-ring (bicyclic) bond motifs is 1. The number of aryl methyl sites for hydroxylation is 1. The summed E-state index contributed by atoms with van der Waals surface area (Å²) in [7, 11) is 2.82. The smallest absolute Gasteiger partial charge is 0.343 e. The Kier molecular flexibility index (Phi) is 10.6. The molecule has 0 amide bonds. The van der Waals surface area contributed by atoms with Gasteiger partial charge in [0.2, 0.25) is 5.75 Å². The highest BCUT2D eigenvalue weighted by atomic mass is 16.6. The largest absolute Gasteiger partial charge is 0.496 e. The fourth-order valence-electron chi connectivity index (χ4n) is 4.84. The molecule has 0 saturated carbocycles. The summed E-state index contributed by atoms with van der Waals surface area (Å²) >= 11 is 0. The maximum Gasteiger partial charge on any atom is 0.343 e. The van der Waals surface area contributed by atoms with E-state index in [1.807, 2.05) is 31.2 Å². The Morgan fingerprint density at radius 3 is 2.26 bits per heavy atom. The molecule has 3 aromatic carbocycles. The van der Waals surface area contributed by atoms with Crippen molar-refractivity contribution in [1.82, 2.24) is 0 Å². The van der Waals surface area contributed by atoms with E-state index in [2.05, 4.69) is 13.8 Å². The van der Waals surface area contributed by atoms with E-state index in [1.165, 1.54) is 26.4 Å². The maximum absolute atomic E-state index is 13.3. The summed E-state index contributed by atoms with van der Waals surface area (Å²) in [6, 6.07) is 17.0. The molecule has 1 atom stereocenters. The highest BCUT2D eigenvalue weighted by molar-refractivity contribution is 5.95. The maximum atomic E-state index is 13.3. The fourth-order valence-corrected chi connectivity index (χ4v) is 4.84. The van der Waals surface area contributed by atoms with Gasteiger partial charge in [-0.05, 0) is 37.0 Å². The predicted octanol–water partition coefficient (Wildman–Crippen LogP) is 7.65. The van der Waals surface area contributed by atoms with Crippen LogP contribution in [-0.2, 0) is 16.1 Å². The van der Waals surface area contributed by atoms with Gasteiger partial charge in [0.15, 0.2) is 16.8 Å². The molecular weight excluding hydrogens is 548 g/mol. The van der Waals surface area contributed by atoms with Crippen LogP contribution in [0.1, 0.15) is 67.4 Å². The number of unbranched alkanes of at least 4 members (excludes halogenated alkanes) is 1. The first-order valence-corrected chi connectivity index (χ1v) is 14.5. The molecule has 0 aliphatic heterocycles. The van der Waals surface area contributed by atoms with Crippen LogP contribution < -0.4 is 19.6 Å². The average molecular weight is 587 g/mol. The van der Waals surface area contributed by atoms with E-state index >= 15 is 0 Å². The van der Waals surface area contributed by atoms with Crippen LogP contribution in [0.2, 0.25) is 0 Å². The Balaban J connectivity index is 1.58. The van der Waals surface area contributed by atoms with Gasteiger partial charge in [-0.15, -0.1) is 0 Å². The van der Waals surface area contributed by atoms with E-state index < -0.39 is 5.97 Å². The van der Waals surface area contributed by atoms with Crippen LogP contribution in [0.3, 0.4) is 0 Å². The molecule has 1 aromatic heterocycles. The number of esters is 2. The van der Waals surface area contributed by atoms with Crippen LogP contribution >= 0.6 is 0 Å². The first kappa shape index (κ1) is 31.3. The van der Waals surface area contributed by atoms with E-state index in [4.69, 9.17) is 23.4 Å². The van der Waals surface area contributed by atoms with Gasteiger partial charge in [0.1, 0.15) is 23.5 Å². The third kappa shape index (κ3) is 7.63. The summed E-state index contributed by atoms with van der Waals surface area (Å²) in [4.78, 5) is 38.5. The van der Waals surface area contributed by atoms with Crippen molar-refractivity contribution in [3.63, 3.8) is 0 Å². The molecule has 8 nitrogen and oxygen atoms in total. The van der Waals surface area contributed by atoms with Crippen molar-refractivity contribution in [2.75, 3.05) is 14.2 Å². The van der Waals surface area contributed by atoms with Crippen LogP contribution in [0.15, 0.2) is 69.9 Å². The second-order valence-electron chi connectivity index (χ2n) is 10.5. The van der Waals surface area contributed by atoms with E-state index in [0.29, 0.717) is 23.5 Å². The van der Waals surface area contributed by atoms with Gasteiger partial charge in [-0.1, -0.05) is 75.1 Å². The van der Waals surface area contributed by atoms with Gasteiger partial charge < -0.3 is 23.4 Å². The molecule has 0 radical (unpaired) electrons. The lowest BCUT2D eigenvalue weighted by Crippen LogP contribution is -2.11. The number of carbonyl (C=O) groups is 2. The Bertz CT molecular complexity index is 1620. The van der Waals surface area contributed by atoms with Crippen LogP contribution in [0.25, 0.3) is 22.3 Å². The molecule has 1 heterocycles. The molecular formula is C35H38O8. The highest BCUT2D eigenvalue weighted by Gasteiger charge is 2.23. The summed E-state index contributed by atoms with van der Waals surface area (Å²) in [5, 5.41) is 0.158. The lowest BCUT2D eigenvalue weighted by molar-refractivity contribution is -0.146. The van der Waals surface area contributed by atoms with Crippen molar-refractivity contribution in [3.05, 3.63) is 87.6 Å². The fraction of sp³-hybridized carbons (Fsp3) is 0.343. The zero-order valence-electron chi connectivity index (χ0n) is 25.4. The van der Waals surface area contributed by atoms with Crippen molar-refractivity contribution in [3.8, 4) is 28.6 Å². The monoisotopic (exact) mass is 586 g/mol. The van der Waals surface area contributed by atoms with Gasteiger partial charge in [0.05, 0.1) is 19.8 Å². The van der Waals surface area contributed by atoms with Gasteiger partial charge in [-0.25, -0.2) is 4.79 Å². The molecule has 4 aromatic rings. The van der Waals surface area contributed by atoms with Crippen LogP contribution in [0.4, 0.5) is 0 Å². The zero-order valence-corrected chi connectivity index (χ0v) is 25.4. The lowest BCUT2D eigenvalue weighted by Gasteiger charge is -2.15. The minimum Gasteiger partial charge on any atom is -0.496 e. The molecule has 0 aliphatic rings. The summed E-state index contributed by atoms with van der Waals surface area (Å²) in [6.07, 6.45) is 4.62. The third-order valence-corrected chi connectivity index (χ3v) is 7.44. The number of rotatable bonds is 13. The second kappa shape index (κ2) is 14.5. The first-order valence-electron chi connectivity index (χ1n) is 14.5. The standard InChI is InChI=1S/C35H38O8/c1-6-8-9-23(7-2)18-31(37)41-21-24-12-16-25(17-13-24)28-19-27(36)32-29(39-4)20-30(33(40-5)34(32)42-28)43-35(38)26-14-10-22(3)11-15-26/h10-17,19-20,23H,6-9,18,21H2,1-5H3/t23-/m1/s1. The van der Waals surface area contributed by atoms with Crippen molar-refractivity contribution in [2.24, 2.45) is 5.92 Å². The summed E-state index contributed by atoms with van der Waals surface area (Å²) < 4.78 is 28.4. The normalized spacial score (nSPS) is 11.7. The summed E-state index contributed by atoms with van der Waals surface area (Å²) in [6.45, 7) is 6.33. The number of hydrogen-bond donors (Lipinski definition) is 0. The SMILES string of the molecule is CCCC[C@@H](CC)CC(=O)OCc1ccc(-c2cc(=O)c3c(OC)cc(OC(=O)c4ccc(C)cc4)c(OC)c3o2)cc1. The first-order chi connectivity index (χ1) is 20.8. The van der Waals surface area contributed by atoms with Crippen LogP contribution in [0, 0.1) is 12.8 Å². The molecule has 0 saturated heterocycles. The molecule has 226 valence electrons. The molecule has 0 unspecified atom stereocenters. The topological polar surface area (TPSA) is 101 Å². The van der Waals surface area contributed by atoms with Gasteiger partial charge in [0.25, 0.3) is 0 Å². The minimum atomic E-state index is -0.597. The third-order valence-electron chi connectivity index (χ3n) is 7.44. The molecule has 0 N–H and O–H groups in total. The van der Waals surface area contributed by atoms with E-state index in [1.54, 1.807) is 24.3 Å². The number of methoxy groups -OCH3 is 2. The highest BCUT2D eigenvalue weighted by Crippen LogP contribution is 2.42. The van der Waals surface area contributed by atoms with Gasteiger partial charge in [-0.2, -0.15) is 0 Å². The van der Waals surface area contributed by atoms with E-state index in [-0.39, 0.29) is 52.0 Å². The molecule has 43 heavy (non-hydrogen) atoms. The Morgan fingerprint density at radius 1 is 0.907 bits per heavy atom. The number of hydrogen-bond acceptors (Lipinski definition) is 8. The zero-order chi connectivity index (χ0) is 30.9. The van der Waals surface area contributed by atoms with Crippen molar-refractivity contribution in [2.45, 2.75) is 59.5 Å². The predicted molar refractivity (Wildman–Crippen MR) is 165 cm³/mol. The van der Waals surface area contributed by atoms with Gasteiger partial charge in [-0.3, -0.25) is 9.59 Å². The van der Waals surface area contributed by atoms with E-state index in [0.717, 1.165) is 36.8 Å². The minimum absolute atomic E-state index is 0.0508.